The fraction of sp³-hybridized carbons (Fsp3) is 0.636. The third kappa shape index (κ3) is 5.36. The number of hydrogen-bond donors (Lipinski definition) is 0. The Morgan fingerprint density at radius 1 is 1.50 bits per heavy atom. The van der Waals surface area contributed by atoms with Crippen LogP contribution in [-0.2, 0) is 9.53 Å². The molecule has 0 amide bonds. The Labute approximate surface area is 85.4 Å². The molecule has 0 unspecified atom stereocenters. The summed E-state index contributed by atoms with van der Waals surface area (Å²) in [7, 11) is 1.38. The second kappa shape index (κ2) is 5.43. The minimum atomic E-state index is -0.458. The van der Waals surface area contributed by atoms with Gasteiger partial charge in [0.25, 0.3) is 0 Å². The summed E-state index contributed by atoms with van der Waals surface area (Å²) < 4.78 is 4.53. The lowest BCUT2D eigenvalue weighted by Gasteiger charge is -2.10. The number of carbonyl (C=O) groups is 1. The predicted molar refractivity (Wildman–Crippen MR) is 54.4 cm³/mol. The highest BCUT2D eigenvalue weighted by Gasteiger charge is 2.13. The summed E-state index contributed by atoms with van der Waals surface area (Å²) in [5.41, 5.74) is 0.585. The van der Waals surface area contributed by atoms with Gasteiger partial charge in [0.05, 0.1) is 18.6 Å². The molecule has 0 aromatic carbocycles. The molecule has 0 aliphatic carbocycles. The molecule has 3 heteroatoms. The molecule has 0 aliphatic heterocycles. The van der Waals surface area contributed by atoms with Crippen LogP contribution in [0.2, 0.25) is 0 Å². The van der Waals surface area contributed by atoms with Crippen LogP contribution in [0.25, 0.3) is 0 Å². The zero-order valence-corrected chi connectivity index (χ0v) is 9.26. The van der Waals surface area contributed by atoms with Crippen molar-refractivity contribution in [2.75, 3.05) is 7.11 Å². The summed E-state index contributed by atoms with van der Waals surface area (Å²) in [6, 6.07) is 2.18. The predicted octanol–water partition coefficient (Wildman–Crippen LogP) is 2.44. The number of nitriles is 1. The molecular weight excluding hydrogens is 178 g/mol. The maximum atomic E-state index is 10.8. The molecule has 0 aliphatic rings. The van der Waals surface area contributed by atoms with Gasteiger partial charge in [-0.25, -0.2) is 0 Å². The lowest BCUT2D eigenvalue weighted by molar-refractivity contribution is -0.140. The van der Waals surface area contributed by atoms with Gasteiger partial charge in [0, 0.05) is 6.42 Å². The molecule has 0 radical (unpaired) electrons. The van der Waals surface area contributed by atoms with Crippen molar-refractivity contribution < 1.29 is 9.53 Å². The van der Waals surface area contributed by atoms with Crippen molar-refractivity contribution in [1.29, 1.82) is 5.26 Å². The van der Waals surface area contributed by atoms with E-state index in [4.69, 9.17) is 5.26 Å². The van der Waals surface area contributed by atoms with Gasteiger partial charge >= 0.3 is 5.97 Å². The Hall–Kier alpha value is -1.30. The monoisotopic (exact) mass is 195 g/mol. The van der Waals surface area contributed by atoms with Crippen LogP contribution in [0.5, 0.6) is 0 Å². The van der Waals surface area contributed by atoms with Crippen LogP contribution in [0, 0.1) is 16.7 Å². The van der Waals surface area contributed by atoms with E-state index in [0.29, 0.717) is 12.8 Å². The summed E-state index contributed by atoms with van der Waals surface area (Å²) in [6.45, 7) is 5.60. The number of rotatable bonds is 4. The first-order chi connectivity index (χ1) is 6.41. The zero-order chi connectivity index (χ0) is 11.2. The van der Waals surface area contributed by atoms with E-state index in [-0.39, 0.29) is 5.97 Å². The first-order valence-electron chi connectivity index (χ1n) is 4.57. The van der Waals surface area contributed by atoms with Crippen molar-refractivity contribution >= 4 is 5.97 Å². The molecule has 3 nitrogen and oxygen atoms in total. The highest BCUT2D eigenvalue weighted by molar-refractivity contribution is 5.69. The number of methoxy groups -OCH3 is 1. The number of carbonyl (C=O) groups excluding carboxylic acids is 1. The number of allylic oxidation sites excluding steroid dienone is 2. The quantitative estimate of drug-likeness (QED) is 0.511. The first kappa shape index (κ1) is 12.7. The second-order valence-electron chi connectivity index (χ2n) is 3.90. The molecule has 78 valence electrons. The largest absolute Gasteiger partial charge is 0.469 e. The van der Waals surface area contributed by atoms with E-state index in [1.807, 2.05) is 26.8 Å². The molecule has 0 saturated carbocycles. The Morgan fingerprint density at radius 2 is 2.07 bits per heavy atom. The molecule has 0 rings (SSSR count). The van der Waals surface area contributed by atoms with Gasteiger partial charge in [-0.1, -0.05) is 11.6 Å². The summed E-state index contributed by atoms with van der Waals surface area (Å²) in [6.07, 6.45) is 2.91. The van der Waals surface area contributed by atoms with Crippen LogP contribution in [-0.4, -0.2) is 13.1 Å². The lowest BCUT2D eigenvalue weighted by Crippen LogP contribution is -2.05. The van der Waals surface area contributed by atoms with Gasteiger partial charge in [-0.3, -0.25) is 4.79 Å². The standard InChI is InChI=1S/C11H17NO2/c1-9(5-6-10(13)14-4)7-11(2,3)8-12/h7H,5-6H2,1-4H3/b9-7+. The van der Waals surface area contributed by atoms with Gasteiger partial charge in [-0.05, 0) is 27.2 Å². The minimum Gasteiger partial charge on any atom is -0.469 e. The van der Waals surface area contributed by atoms with E-state index >= 15 is 0 Å². The molecule has 0 atom stereocenters. The molecule has 0 aromatic rings. The Balaban J connectivity index is 4.16. The highest BCUT2D eigenvalue weighted by Crippen LogP contribution is 2.19. The summed E-state index contributed by atoms with van der Waals surface area (Å²) in [4.78, 5) is 10.8. The highest BCUT2D eigenvalue weighted by atomic mass is 16.5. The molecule has 0 N–H and O–H groups in total. The van der Waals surface area contributed by atoms with Gasteiger partial charge < -0.3 is 4.74 Å². The van der Waals surface area contributed by atoms with E-state index in [1.54, 1.807) is 0 Å². The average molecular weight is 195 g/mol. The van der Waals surface area contributed by atoms with Gasteiger partial charge in [0.2, 0.25) is 0 Å². The fourth-order valence-electron chi connectivity index (χ4n) is 1.12. The van der Waals surface area contributed by atoms with E-state index in [1.165, 1.54) is 7.11 Å². The SMILES string of the molecule is COC(=O)CC/C(C)=C/C(C)(C)C#N. The molecule has 0 saturated heterocycles. The second-order valence-corrected chi connectivity index (χ2v) is 3.90. The van der Waals surface area contributed by atoms with Crippen molar-refractivity contribution in [2.24, 2.45) is 5.41 Å². The Bertz CT molecular complexity index is 272. The maximum absolute atomic E-state index is 10.8. The molecule has 0 heterocycles. The van der Waals surface area contributed by atoms with Gasteiger partial charge in [0.1, 0.15) is 0 Å². The fourth-order valence-corrected chi connectivity index (χ4v) is 1.12. The first-order valence-corrected chi connectivity index (χ1v) is 4.57. The molecule has 0 aromatic heterocycles. The molecule has 0 bridgehead atoms. The summed E-state index contributed by atoms with van der Waals surface area (Å²) >= 11 is 0. The number of esters is 1. The van der Waals surface area contributed by atoms with E-state index < -0.39 is 5.41 Å². The van der Waals surface area contributed by atoms with Crippen molar-refractivity contribution in [1.82, 2.24) is 0 Å². The summed E-state index contributed by atoms with van der Waals surface area (Å²) in [5, 5.41) is 8.78. The van der Waals surface area contributed by atoms with Gasteiger partial charge in [-0.2, -0.15) is 5.26 Å². The molecule has 0 fully saturated rings. The average Bonchev–Trinajstić information content (AvgIpc) is 2.13. The van der Waals surface area contributed by atoms with Crippen LogP contribution >= 0.6 is 0 Å². The van der Waals surface area contributed by atoms with Crippen LogP contribution in [0.15, 0.2) is 11.6 Å². The molecule has 14 heavy (non-hydrogen) atoms. The normalized spacial score (nSPS) is 12.1. The van der Waals surface area contributed by atoms with Crippen molar-refractivity contribution in [2.45, 2.75) is 33.6 Å². The topological polar surface area (TPSA) is 50.1 Å². The molecular formula is C11H17NO2. The smallest absolute Gasteiger partial charge is 0.305 e. The van der Waals surface area contributed by atoms with E-state index in [2.05, 4.69) is 10.8 Å². The number of ether oxygens (including phenoxy) is 1. The maximum Gasteiger partial charge on any atom is 0.305 e. The zero-order valence-electron chi connectivity index (χ0n) is 9.26. The number of hydrogen-bond acceptors (Lipinski definition) is 3. The van der Waals surface area contributed by atoms with E-state index in [0.717, 1.165) is 5.57 Å². The van der Waals surface area contributed by atoms with Crippen molar-refractivity contribution in [3.63, 3.8) is 0 Å². The van der Waals surface area contributed by atoms with Crippen LogP contribution in [0.3, 0.4) is 0 Å². The van der Waals surface area contributed by atoms with Crippen LogP contribution in [0.1, 0.15) is 33.6 Å². The van der Waals surface area contributed by atoms with Crippen molar-refractivity contribution in [3.8, 4) is 6.07 Å². The van der Waals surface area contributed by atoms with Crippen LogP contribution in [0.4, 0.5) is 0 Å². The third-order valence-electron chi connectivity index (χ3n) is 1.85. The van der Waals surface area contributed by atoms with Crippen LogP contribution < -0.4 is 0 Å². The Kier molecular flexibility index (Phi) is 4.93. The van der Waals surface area contributed by atoms with Gasteiger partial charge in [0.15, 0.2) is 0 Å². The Morgan fingerprint density at radius 3 is 2.50 bits per heavy atom. The number of nitrogens with zero attached hydrogens (tertiary/aromatic N) is 1. The molecule has 0 spiro atoms. The minimum absolute atomic E-state index is 0.215. The third-order valence-corrected chi connectivity index (χ3v) is 1.85. The van der Waals surface area contributed by atoms with Crippen molar-refractivity contribution in [3.05, 3.63) is 11.6 Å². The van der Waals surface area contributed by atoms with Gasteiger partial charge in [-0.15, -0.1) is 0 Å². The van der Waals surface area contributed by atoms with E-state index in [9.17, 15) is 4.79 Å². The summed E-state index contributed by atoms with van der Waals surface area (Å²) in [5.74, 6) is -0.215. The lowest BCUT2D eigenvalue weighted by atomic mass is 9.92.